The minimum atomic E-state index is 0.443. The zero-order valence-electron chi connectivity index (χ0n) is 10.3. The van der Waals surface area contributed by atoms with Crippen LogP contribution >= 0.6 is 11.8 Å². The standard InChI is InChI=1S/C16H15NS/c1-13(16-9-7-14(11-17)8-10-16)18-12-15-5-3-2-4-6-15/h2-10,13H,12H2,1H3. The predicted octanol–water partition coefficient (Wildman–Crippen LogP) is 4.55. The van der Waals surface area contributed by atoms with Gasteiger partial charge in [-0.1, -0.05) is 42.5 Å². The lowest BCUT2D eigenvalue weighted by Crippen LogP contribution is -1.90. The Bertz CT molecular complexity index is 525. The van der Waals surface area contributed by atoms with E-state index in [1.165, 1.54) is 11.1 Å². The third-order valence-corrected chi connectivity index (χ3v) is 4.12. The number of rotatable bonds is 4. The van der Waals surface area contributed by atoms with E-state index in [4.69, 9.17) is 5.26 Å². The van der Waals surface area contributed by atoms with Crippen LogP contribution in [0.3, 0.4) is 0 Å². The summed E-state index contributed by atoms with van der Waals surface area (Å²) in [7, 11) is 0. The van der Waals surface area contributed by atoms with E-state index in [0.29, 0.717) is 5.25 Å². The first-order valence-corrected chi connectivity index (χ1v) is 7.00. The molecule has 0 saturated heterocycles. The molecule has 1 unspecified atom stereocenters. The highest BCUT2D eigenvalue weighted by Crippen LogP contribution is 2.30. The summed E-state index contributed by atoms with van der Waals surface area (Å²) < 4.78 is 0. The smallest absolute Gasteiger partial charge is 0.0991 e. The third kappa shape index (κ3) is 3.38. The van der Waals surface area contributed by atoms with Crippen LogP contribution in [-0.4, -0.2) is 0 Å². The van der Waals surface area contributed by atoms with E-state index in [2.05, 4.69) is 37.3 Å². The van der Waals surface area contributed by atoms with Crippen molar-refractivity contribution in [3.05, 3.63) is 71.3 Å². The van der Waals surface area contributed by atoms with Crippen LogP contribution in [0, 0.1) is 11.3 Å². The summed E-state index contributed by atoms with van der Waals surface area (Å²) in [6.45, 7) is 2.20. The third-order valence-electron chi connectivity index (χ3n) is 2.85. The second-order valence-electron chi connectivity index (χ2n) is 4.17. The molecule has 0 amide bonds. The van der Waals surface area contributed by atoms with Gasteiger partial charge in [0.15, 0.2) is 0 Å². The Morgan fingerprint density at radius 1 is 1.06 bits per heavy atom. The SMILES string of the molecule is CC(SCc1ccccc1)c1ccc(C#N)cc1. The molecule has 0 aliphatic rings. The van der Waals surface area contributed by atoms with E-state index >= 15 is 0 Å². The van der Waals surface area contributed by atoms with Crippen LogP contribution in [0.1, 0.15) is 28.9 Å². The molecule has 1 atom stereocenters. The first-order valence-electron chi connectivity index (χ1n) is 5.95. The maximum Gasteiger partial charge on any atom is 0.0991 e. The second kappa shape index (κ2) is 6.28. The van der Waals surface area contributed by atoms with Gasteiger partial charge in [-0.05, 0) is 30.2 Å². The van der Waals surface area contributed by atoms with Crippen molar-refractivity contribution in [1.82, 2.24) is 0 Å². The van der Waals surface area contributed by atoms with Crippen molar-refractivity contribution in [3.63, 3.8) is 0 Å². The lowest BCUT2D eigenvalue weighted by Gasteiger charge is -2.11. The lowest BCUT2D eigenvalue weighted by atomic mass is 10.1. The topological polar surface area (TPSA) is 23.8 Å². The molecule has 0 fully saturated rings. The number of hydrogen-bond donors (Lipinski definition) is 0. The normalized spacial score (nSPS) is 11.8. The van der Waals surface area contributed by atoms with Gasteiger partial charge < -0.3 is 0 Å². The quantitative estimate of drug-likeness (QED) is 0.798. The average Bonchev–Trinajstić information content (AvgIpc) is 2.46. The lowest BCUT2D eigenvalue weighted by molar-refractivity contribution is 1.09. The van der Waals surface area contributed by atoms with Gasteiger partial charge in [-0.3, -0.25) is 0 Å². The Morgan fingerprint density at radius 2 is 1.72 bits per heavy atom. The zero-order chi connectivity index (χ0) is 12.8. The predicted molar refractivity (Wildman–Crippen MR) is 77.3 cm³/mol. The van der Waals surface area contributed by atoms with E-state index in [1.54, 1.807) is 0 Å². The molecule has 0 radical (unpaired) electrons. The van der Waals surface area contributed by atoms with Crippen molar-refractivity contribution in [2.24, 2.45) is 0 Å². The number of nitrogens with zero attached hydrogens (tertiary/aromatic N) is 1. The van der Waals surface area contributed by atoms with Crippen LogP contribution in [0.15, 0.2) is 54.6 Å². The summed E-state index contributed by atoms with van der Waals surface area (Å²) in [4.78, 5) is 0. The molecule has 0 saturated carbocycles. The molecule has 0 heterocycles. The van der Waals surface area contributed by atoms with Gasteiger partial charge in [-0.25, -0.2) is 0 Å². The van der Waals surface area contributed by atoms with Crippen molar-refractivity contribution in [1.29, 1.82) is 5.26 Å². The Morgan fingerprint density at radius 3 is 2.33 bits per heavy atom. The molecule has 2 heteroatoms. The highest BCUT2D eigenvalue weighted by atomic mass is 32.2. The van der Waals surface area contributed by atoms with Gasteiger partial charge in [0.1, 0.15) is 0 Å². The first-order chi connectivity index (χ1) is 8.79. The molecule has 2 aromatic rings. The summed E-state index contributed by atoms with van der Waals surface area (Å²) in [6.07, 6.45) is 0. The summed E-state index contributed by atoms with van der Waals surface area (Å²) in [5.74, 6) is 1.02. The maximum atomic E-state index is 8.76. The molecule has 0 spiro atoms. The molecule has 1 nitrogen and oxygen atoms in total. The number of benzene rings is 2. The highest BCUT2D eigenvalue weighted by Gasteiger charge is 2.06. The fraction of sp³-hybridized carbons (Fsp3) is 0.188. The second-order valence-corrected chi connectivity index (χ2v) is 5.50. The van der Waals surface area contributed by atoms with E-state index in [0.717, 1.165) is 11.3 Å². The van der Waals surface area contributed by atoms with Crippen molar-refractivity contribution < 1.29 is 0 Å². The van der Waals surface area contributed by atoms with Crippen LogP contribution in [0.25, 0.3) is 0 Å². The van der Waals surface area contributed by atoms with Crippen LogP contribution in [0.5, 0.6) is 0 Å². The van der Waals surface area contributed by atoms with Crippen molar-refractivity contribution in [2.75, 3.05) is 0 Å². The molecule has 2 aromatic carbocycles. The van der Waals surface area contributed by atoms with Crippen molar-refractivity contribution >= 4 is 11.8 Å². The van der Waals surface area contributed by atoms with Crippen LogP contribution in [-0.2, 0) is 5.75 Å². The molecule has 0 N–H and O–H groups in total. The van der Waals surface area contributed by atoms with Crippen LogP contribution in [0.4, 0.5) is 0 Å². The van der Waals surface area contributed by atoms with E-state index in [-0.39, 0.29) is 0 Å². The Balaban J connectivity index is 1.95. The monoisotopic (exact) mass is 253 g/mol. The highest BCUT2D eigenvalue weighted by molar-refractivity contribution is 7.98. The molecule has 90 valence electrons. The molecule has 0 aliphatic heterocycles. The fourth-order valence-corrected chi connectivity index (χ4v) is 2.70. The largest absolute Gasteiger partial charge is 0.192 e. The van der Waals surface area contributed by atoms with Crippen LogP contribution in [0.2, 0.25) is 0 Å². The summed E-state index contributed by atoms with van der Waals surface area (Å²) in [6, 6.07) is 20.5. The van der Waals surface area contributed by atoms with Crippen molar-refractivity contribution in [3.8, 4) is 6.07 Å². The number of hydrogen-bond acceptors (Lipinski definition) is 2. The summed E-state index contributed by atoms with van der Waals surface area (Å²) in [5, 5.41) is 9.21. The molecule has 18 heavy (non-hydrogen) atoms. The minimum absolute atomic E-state index is 0.443. The maximum absolute atomic E-state index is 8.76. The van der Waals surface area contributed by atoms with Crippen LogP contribution < -0.4 is 0 Å². The minimum Gasteiger partial charge on any atom is -0.192 e. The molecule has 0 bridgehead atoms. The number of thioether (sulfide) groups is 1. The summed E-state index contributed by atoms with van der Waals surface area (Å²) >= 11 is 1.91. The molecular formula is C16H15NS. The van der Waals surface area contributed by atoms with E-state index in [9.17, 15) is 0 Å². The molecule has 0 aliphatic carbocycles. The average molecular weight is 253 g/mol. The zero-order valence-corrected chi connectivity index (χ0v) is 11.2. The van der Waals surface area contributed by atoms with Gasteiger partial charge >= 0.3 is 0 Å². The molecule has 0 aromatic heterocycles. The van der Waals surface area contributed by atoms with Gasteiger partial charge in [-0.15, -0.1) is 11.8 Å². The van der Waals surface area contributed by atoms with Crippen molar-refractivity contribution in [2.45, 2.75) is 17.9 Å². The Labute approximate surface area is 112 Å². The Kier molecular flexibility index (Phi) is 4.44. The van der Waals surface area contributed by atoms with Gasteiger partial charge in [0.05, 0.1) is 11.6 Å². The summed E-state index contributed by atoms with van der Waals surface area (Å²) in [5.41, 5.74) is 3.34. The molecular weight excluding hydrogens is 238 g/mol. The van der Waals surface area contributed by atoms with Gasteiger partial charge in [-0.2, -0.15) is 5.26 Å². The van der Waals surface area contributed by atoms with E-state index in [1.807, 2.05) is 42.1 Å². The van der Waals surface area contributed by atoms with E-state index < -0.39 is 0 Å². The number of nitriles is 1. The molecule has 2 rings (SSSR count). The Hall–Kier alpha value is -1.72. The first kappa shape index (κ1) is 12.7. The fourth-order valence-electron chi connectivity index (χ4n) is 1.72. The van der Waals surface area contributed by atoms with Gasteiger partial charge in [0.25, 0.3) is 0 Å². The van der Waals surface area contributed by atoms with Gasteiger partial charge in [0, 0.05) is 11.0 Å². The van der Waals surface area contributed by atoms with Gasteiger partial charge in [0.2, 0.25) is 0 Å².